The SMILES string of the molecule is Cn1cnc2cc(-c3ccc(C(=O)N4CCCCC4)c(F)c3)ccc21. The quantitative estimate of drug-likeness (QED) is 0.709. The number of piperidine rings is 1. The smallest absolute Gasteiger partial charge is 0.256 e. The molecule has 0 bridgehead atoms. The van der Waals surface area contributed by atoms with E-state index in [-0.39, 0.29) is 11.5 Å². The number of halogens is 1. The molecule has 128 valence electrons. The Morgan fingerprint density at radius 1 is 1.04 bits per heavy atom. The van der Waals surface area contributed by atoms with Gasteiger partial charge in [-0.3, -0.25) is 4.79 Å². The number of hydrogen-bond acceptors (Lipinski definition) is 2. The van der Waals surface area contributed by atoms with E-state index < -0.39 is 5.82 Å². The summed E-state index contributed by atoms with van der Waals surface area (Å²) in [5.74, 6) is -0.668. The van der Waals surface area contributed by atoms with Gasteiger partial charge in [-0.25, -0.2) is 9.37 Å². The highest BCUT2D eigenvalue weighted by atomic mass is 19.1. The fourth-order valence-corrected chi connectivity index (χ4v) is 3.45. The third kappa shape index (κ3) is 2.90. The van der Waals surface area contributed by atoms with Gasteiger partial charge in [0, 0.05) is 20.1 Å². The zero-order valence-corrected chi connectivity index (χ0v) is 14.2. The third-order valence-electron chi connectivity index (χ3n) is 4.90. The van der Waals surface area contributed by atoms with Crippen molar-refractivity contribution in [2.75, 3.05) is 13.1 Å². The van der Waals surface area contributed by atoms with Gasteiger partial charge in [-0.05, 0) is 54.7 Å². The topological polar surface area (TPSA) is 38.1 Å². The summed E-state index contributed by atoms with van der Waals surface area (Å²) in [5, 5.41) is 0. The highest BCUT2D eigenvalue weighted by molar-refractivity contribution is 5.95. The lowest BCUT2D eigenvalue weighted by atomic mass is 10.0. The lowest BCUT2D eigenvalue weighted by Gasteiger charge is -2.26. The van der Waals surface area contributed by atoms with Gasteiger partial charge in [0.1, 0.15) is 5.82 Å². The zero-order chi connectivity index (χ0) is 17.4. The zero-order valence-electron chi connectivity index (χ0n) is 14.2. The molecule has 5 heteroatoms. The van der Waals surface area contributed by atoms with Gasteiger partial charge < -0.3 is 9.47 Å². The summed E-state index contributed by atoms with van der Waals surface area (Å²) in [6.45, 7) is 1.44. The average molecular weight is 337 g/mol. The number of carbonyl (C=O) groups excluding carboxylic acids is 1. The van der Waals surface area contributed by atoms with Crippen molar-refractivity contribution in [2.24, 2.45) is 7.05 Å². The van der Waals surface area contributed by atoms with Crippen LogP contribution in [0.5, 0.6) is 0 Å². The van der Waals surface area contributed by atoms with Crippen molar-refractivity contribution in [3.63, 3.8) is 0 Å². The summed E-state index contributed by atoms with van der Waals surface area (Å²) in [4.78, 5) is 18.6. The molecule has 0 saturated carbocycles. The van der Waals surface area contributed by atoms with Crippen LogP contribution in [0.3, 0.4) is 0 Å². The molecule has 1 saturated heterocycles. The van der Waals surface area contributed by atoms with Crippen LogP contribution in [0.2, 0.25) is 0 Å². The maximum atomic E-state index is 14.6. The Kier molecular flexibility index (Phi) is 3.99. The number of benzene rings is 2. The number of rotatable bonds is 2. The lowest BCUT2D eigenvalue weighted by Crippen LogP contribution is -2.36. The monoisotopic (exact) mass is 337 g/mol. The first kappa shape index (κ1) is 15.8. The van der Waals surface area contributed by atoms with Crippen molar-refractivity contribution in [3.05, 3.63) is 54.1 Å². The molecule has 1 aromatic heterocycles. The molecule has 0 atom stereocenters. The summed E-state index contributed by atoms with van der Waals surface area (Å²) < 4.78 is 16.5. The molecule has 25 heavy (non-hydrogen) atoms. The van der Waals surface area contributed by atoms with E-state index >= 15 is 0 Å². The molecular weight excluding hydrogens is 317 g/mol. The first-order valence-electron chi connectivity index (χ1n) is 8.64. The molecule has 2 aromatic carbocycles. The van der Waals surface area contributed by atoms with Gasteiger partial charge in [0.2, 0.25) is 0 Å². The second-order valence-corrected chi connectivity index (χ2v) is 6.61. The van der Waals surface area contributed by atoms with Crippen molar-refractivity contribution in [1.29, 1.82) is 0 Å². The number of hydrogen-bond donors (Lipinski definition) is 0. The number of fused-ring (bicyclic) bond motifs is 1. The van der Waals surface area contributed by atoms with Crippen molar-refractivity contribution in [2.45, 2.75) is 19.3 Å². The fraction of sp³-hybridized carbons (Fsp3) is 0.300. The third-order valence-corrected chi connectivity index (χ3v) is 4.90. The number of nitrogens with zero attached hydrogens (tertiary/aromatic N) is 3. The molecule has 1 amide bonds. The van der Waals surface area contributed by atoms with E-state index in [4.69, 9.17) is 0 Å². The second-order valence-electron chi connectivity index (χ2n) is 6.61. The molecule has 1 aliphatic rings. The Hall–Kier alpha value is -2.69. The number of imidazole rings is 1. The number of aromatic nitrogens is 2. The van der Waals surface area contributed by atoms with E-state index in [9.17, 15) is 9.18 Å². The van der Waals surface area contributed by atoms with E-state index in [0.717, 1.165) is 54.5 Å². The van der Waals surface area contributed by atoms with Crippen LogP contribution in [0.4, 0.5) is 4.39 Å². The average Bonchev–Trinajstić information content (AvgIpc) is 3.02. The Bertz CT molecular complexity index is 941. The summed E-state index contributed by atoms with van der Waals surface area (Å²) in [7, 11) is 1.94. The van der Waals surface area contributed by atoms with Gasteiger partial charge in [-0.2, -0.15) is 0 Å². The molecule has 0 spiro atoms. The normalized spacial score (nSPS) is 14.9. The van der Waals surface area contributed by atoms with Gasteiger partial charge in [0.05, 0.1) is 22.9 Å². The molecule has 0 aliphatic carbocycles. The van der Waals surface area contributed by atoms with E-state index in [1.54, 1.807) is 17.3 Å². The first-order valence-corrected chi connectivity index (χ1v) is 8.64. The van der Waals surface area contributed by atoms with E-state index in [2.05, 4.69) is 4.98 Å². The number of amides is 1. The molecule has 1 fully saturated rings. The van der Waals surface area contributed by atoms with Crippen LogP contribution in [0.25, 0.3) is 22.2 Å². The van der Waals surface area contributed by atoms with Crippen LogP contribution in [0.1, 0.15) is 29.6 Å². The van der Waals surface area contributed by atoms with Crippen LogP contribution < -0.4 is 0 Å². The lowest BCUT2D eigenvalue weighted by molar-refractivity contribution is 0.0719. The highest BCUT2D eigenvalue weighted by Crippen LogP contribution is 2.26. The number of carbonyl (C=O) groups is 1. The molecule has 4 nitrogen and oxygen atoms in total. The first-order chi connectivity index (χ1) is 12.1. The Balaban J connectivity index is 1.65. The van der Waals surface area contributed by atoms with Gasteiger partial charge >= 0.3 is 0 Å². The second kappa shape index (κ2) is 6.31. The largest absolute Gasteiger partial charge is 0.339 e. The predicted octanol–water partition coefficient (Wildman–Crippen LogP) is 4.01. The minimum atomic E-state index is -0.464. The highest BCUT2D eigenvalue weighted by Gasteiger charge is 2.21. The molecule has 3 aromatic rings. The van der Waals surface area contributed by atoms with Crippen molar-refractivity contribution >= 4 is 16.9 Å². The maximum absolute atomic E-state index is 14.6. The molecular formula is C20H20FN3O. The van der Waals surface area contributed by atoms with Gasteiger partial charge in [0.25, 0.3) is 5.91 Å². The van der Waals surface area contributed by atoms with Gasteiger partial charge in [-0.1, -0.05) is 12.1 Å². The van der Waals surface area contributed by atoms with Crippen LogP contribution >= 0.6 is 0 Å². The Morgan fingerprint density at radius 3 is 2.52 bits per heavy atom. The summed E-state index contributed by atoms with van der Waals surface area (Å²) in [6, 6.07) is 10.7. The van der Waals surface area contributed by atoms with Crippen molar-refractivity contribution in [1.82, 2.24) is 14.5 Å². The van der Waals surface area contributed by atoms with Gasteiger partial charge in [0.15, 0.2) is 0 Å². The van der Waals surface area contributed by atoms with Crippen LogP contribution in [-0.4, -0.2) is 33.4 Å². The minimum Gasteiger partial charge on any atom is -0.339 e. The Labute approximate surface area is 145 Å². The summed E-state index contributed by atoms with van der Waals surface area (Å²) in [6.07, 6.45) is 4.89. The maximum Gasteiger partial charge on any atom is 0.256 e. The molecule has 2 heterocycles. The summed E-state index contributed by atoms with van der Waals surface area (Å²) >= 11 is 0. The van der Waals surface area contributed by atoms with Crippen LogP contribution in [0.15, 0.2) is 42.7 Å². The molecule has 0 radical (unpaired) electrons. The van der Waals surface area contributed by atoms with Crippen LogP contribution in [-0.2, 0) is 7.05 Å². The molecule has 1 aliphatic heterocycles. The van der Waals surface area contributed by atoms with Crippen LogP contribution in [0, 0.1) is 5.82 Å². The van der Waals surface area contributed by atoms with E-state index in [1.807, 2.05) is 35.9 Å². The molecule has 4 rings (SSSR count). The number of likely N-dealkylation sites (tertiary alicyclic amines) is 1. The molecule has 0 unspecified atom stereocenters. The number of aryl methyl sites for hydroxylation is 1. The minimum absolute atomic E-state index is 0.157. The van der Waals surface area contributed by atoms with Gasteiger partial charge in [-0.15, -0.1) is 0 Å². The van der Waals surface area contributed by atoms with E-state index in [0.29, 0.717) is 0 Å². The standard InChI is InChI=1S/C20H20FN3O/c1-23-13-22-18-12-15(6-8-19(18)23)14-5-7-16(17(21)11-14)20(25)24-9-3-2-4-10-24/h5-8,11-13H,2-4,9-10H2,1H3. The predicted molar refractivity (Wildman–Crippen MR) is 95.9 cm³/mol. The fourth-order valence-electron chi connectivity index (χ4n) is 3.45. The summed E-state index contributed by atoms with van der Waals surface area (Å²) in [5.41, 5.74) is 3.70. The van der Waals surface area contributed by atoms with Crippen molar-refractivity contribution in [3.8, 4) is 11.1 Å². The van der Waals surface area contributed by atoms with E-state index in [1.165, 1.54) is 6.07 Å². The molecule has 0 N–H and O–H groups in total. The Morgan fingerprint density at radius 2 is 1.76 bits per heavy atom. The van der Waals surface area contributed by atoms with Crippen molar-refractivity contribution < 1.29 is 9.18 Å².